The van der Waals surface area contributed by atoms with E-state index in [0.29, 0.717) is 12.1 Å². The Morgan fingerprint density at radius 2 is 1.89 bits per heavy atom. The maximum atomic E-state index is 5.45. The average Bonchev–Trinajstić information content (AvgIpc) is 2.37. The monoisotopic (exact) mass is 267 g/mol. The van der Waals surface area contributed by atoms with Crippen LogP contribution < -0.4 is 10.1 Å². The fourth-order valence-corrected chi connectivity index (χ4v) is 2.51. The van der Waals surface area contributed by atoms with E-state index in [1.165, 1.54) is 17.7 Å². The fourth-order valence-electron chi connectivity index (χ4n) is 1.92. The summed E-state index contributed by atoms with van der Waals surface area (Å²) in [5, 5.41) is 3.63. The van der Waals surface area contributed by atoms with Gasteiger partial charge in [-0.2, -0.15) is 11.8 Å². The molecule has 1 aromatic carbocycles. The summed E-state index contributed by atoms with van der Waals surface area (Å²) < 4.78 is 5.45. The first-order valence-corrected chi connectivity index (χ1v) is 8.04. The van der Waals surface area contributed by atoms with Gasteiger partial charge in [-0.15, -0.1) is 0 Å². The van der Waals surface area contributed by atoms with Crippen LogP contribution in [0.25, 0.3) is 0 Å². The van der Waals surface area contributed by atoms with Crippen molar-refractivity contribution in [2.45, 2.75) is 39.3 Å². The molecule has 0 aliphatic carbocycles. The summed E-state index contributed by atoms with van der Waals surface area (Å²) in [7, 11) is 0. The van der Waals surface area contributed by atoms with Gasteiger partial charge in [-0.1, -0.05) is 12.1 Å². The van der Waals surface area contributed by atoms with Crippen molar-refractivity contribution >= 4 is 11.8 Å². The molecule has 2 nitrogen and oxygen atoms in total. The van der Waals surface area contributed by atoms with Gasteiger partial charge < -0.3 is 10.1 Å². The molecule has 0 saturated heterocycles. The minimum atomic E-state index is 0.387. The summed E-state index contributed by atoms with van der Waals surface area (Å²) in [6, 6.07) is 9.32. The highest BCUT2D eigenvalue weighted by Crippen LogP contribution is 2.18. The third-order valence-corrected chi connectivity index (χ3v) is 3.62. The van der Waals surface area contributed by atoms with Crippen LogP contribution in [0.3, 0.4) is 0 Å². The zero-order valence-corrected chi connectivity index (χ0v) is 12.7. The zero-order chi connectivity index (χ0) is 13.4. The van der Waals surface area contributed by atoms with E-state index in [1.807, 2.05) is 30.8 Å². The van der Waals surface area contributed by atoms with Crippen LogP contribution in [-0.4, -0.2) is 24.7 Å². The normalized spacial score (nSPS) is 14.2. The predicted molar refractivity (Wildman–Crippen MR) is 81.6 cm³/mol. The Kier molecular flexibility index (Phi) is 7.21. The van der Waals surface area contributed by atoms with Crippen molar-refractivity contribution in [1.29, 1.82) is 0 Å². The number of rotatable bonds is 8. The van der Waals surface area contributed by atoms with Crippen LogP contribution in [0.2, 0.25) is 0 Å². The lowest BCUT2D eigenvalue weighted by Crippen LogP contribution is -2.29. The van der Waals surface area contributed by atoms with E-state index < -0.39 is 0 Å². The molecule has 0 bridgehead atoms. The molecule has 1 rings (SSSR count). The second-order valence-corrected chi connectivity index (χ2v) is 5.56. The minimum absolute atomic E-state index is 0.387. The van der Waals surface area contributed by atoms with Gasteiger partial charge in [0.15, 0.2) is 0 Å². The van der Waals surface area contributed by atoms with Crippen molar-refractivity contribution in [3.05, 3.63) is 29.8 Å². The highest BCUT2D eigenvalue weighted by Gasteiger charge is 2.09. The van der Waals surface area contributed by atoms with E-state index in [9.17, 15) is 0 Å². The third-order valence-electron chi connectivity index (χ3n) is 2.98. The van der Waals surface area contributed by atoms with Gasteiger partial charge in [-0.25, -0.2) is 0 Å². The van der Waals surface area contributed by atoms with E-state index in [-0.39, 0.29) is 0 Å². The number of nitrogens with one attached hydrogen (secondary N) is 1. The number of hydrogen-bond donors (Lipinski definition) is 1. The van der Waals surface area contributed by atoms with Crippen molar-refractivity contribution in [3.63, 3.8) is 0 Å². The number of ether oxygens (including phenoxy) is 1. The van der Waals surface area contributed by atoms with Gasteiger partial charge >= 0.3 is 0 Å². The van der Waals surface area contributed by atoms with Crippen molar-refractivity contribution < 1.29 is 4.74 Å². The molecule has 2 unspecified atom stereocenters. The van der Waals surface area contributed by atoms with E-state index in [4.69, 9.17) is 4.74 Å². The molecule has 0 aromatic heterocycles. The van der Waals surface area contributed by atoms with Crippen molar-refractivity contribution in [3.8, 4) is 5.75 Å². The summed E-state index contributed by atoms with van der Waals surface area (Å²) >= 11 is 1.90. The quantitative estimate of drug-likeness (QED) is 0.772. The van der Waals surface area contributed by atoms with Crippen LogP contribution >= 0.6 is 11.8 Å². The van der Waals surface area contributed by atoms with Crippen molar-refractivity contribution in [2.24, 2.45) is 0 Å². The molecule has 0 heterocycles. The fraction of sp³-hybridized carbons (Fsp3) is 0.600. The zero-order valence-electron chi connectivity index (χ0n) is 11.9. The number of benzene rings is 1. The maximum Gasteiger partial charge on any atom is 0.119 e. The third kappa shape index (κ3) is 5.32. The topological polar surface area (TPSA) is 21.3 Å². The van der Waals surface area contributed by atoms with Crippen molar-refractivity contribution in [1.82, 2.24) is 5.32 Å². The van der Waals surface area contributed by atoms with Crippen LogP contribution in [0.1, 0.15) is 38.8 Å². The summed E-state index contributed by atoms with van der Waals surface area (Å²) in [4.78, 5) is 0. The molecular formula is C15H25NOS. The second-order valence-electron chi connectivity index (χ2n) is 4.57. The number of thioether (sulfide) groups is 1. The Morgan fingerprint density at radius 1 is 1.22 bits per heavy atom. The van der Waals surface area contributed by atoms with Gasteiger partial charge in [-0.05, 0) is 56.9 Å². The van der Waals surface area contributed by atoms with Crippen LogP contribution in [0, 0.1) is 0 Å². The van der Waals surface area contributed by atoms with Crippen LogP contribution in [0.4, 0.5) is 0 Å². The van der Waals surface area contributed by atoms with Gasteiger partial charge in [0.25, 0.3) is 0 Å². The first-order valence-electron chi connectivity index (χ1n) is 6.65. The molecule has 2 atom stereocenters. The Morgan fingerprint density at radius 3 is 2.44 bits per heavy atom. The molecule has 0 fully saturated rings. The van der Waals surface area contributed by atoms with E-state index >= 15 is 0 Å². The summed E-state index contributed by atoms with van der Waals surface area (Å²) in [5.74, 6) is 2.16. The first kappa shape index (κ1) is 15.4. The van der Waals surface area contributed by atoms with Crippen LogP contribution in [-0.2, 0) is 0 Å². The molecule has 0 spiro atoms. The molecule has 18 heavy (non-hydrogen) atoms. The standard InChI is InChI=1S/C15H25NOS/c1-5-17-15-8-6-14(7-9-15)13(3)16-12(2)10-11-18-4/h6-9,12-13,16H,5,10-11H2,1-4H3. The predicted octanol–water partition coefficient (Wildman–Crippen LogP) is 3.88. The molecule has 0 aliphatic rings. The average molecular weight is 267 g/mol. The first-order chi connectivity index (χ1) is 8.67. The smallest absolute Gasteiger partial charge is 0.119 e. The van der Waals surface area contributed by atoms with Crippen LogP contribution in [0.15, 0.2) is 24.3 Å². The highest BCUT2D eigenvalue weighted by molar-refractivity contribution is 7.98. The Hall–Kier alpha value is -0.670. The second kappa shape index (κ2) is 8.44. The minimum Gasteiger partial charge on any atom is -0.494 e. The Labute approximate surface area is 116 Å². The summed E-state index contributed by atoms with van der Waals surface area (Å²) in [5.41, 5.74) is 1.31. The largest absolute Gasteiger partial charge is 0.494 e. The lowest BCUT2D eigenvalue weighted by molar-refractivity contribution is 0.340. The highest BCUT2D eigenvalue weighted by atomic mass is 32.2. The van der Waals surface area contributed by atoms with E-state index in [1.54, 1.807) is 0 Å². The lowest BCUT2D eigenvalue weighted by Gasteiger charge is -2.20. The van der Waals surface area contributed by atoms with Gasteiger partial charge in [-0.3, -0.25) is 0 Å². The molecule has 0 saturated carbocycles. The summed E-state index contributed by atoms with van der Waals surface area (Å²) in [6.07, 6.45) is 3.37. The Balaban J connectivity index is 2.47. The number of hydrogen-bond acceptors (Lipinski definition) is 3. The molecule has 3 heteroatoms. The van der Waals surface area contributed by atoms with E-state index in [2.05, 4.69) is 37.6 Å². The molecule has 102 valence electrons. The van der Waals surface area contributed by atoms with Crippen molar-refractivity contribution in [2.75, 3.05) is 18.6 Å². The van der Waals surface area contributed by atoms with E-state index in [0.717, 1.165) is 12.4 Å². The molecular weight excluding hydrogens is 242 g/mol. The van der Waals surface area contributed by atoms with Crippen LogP contribution in [0.5, 0.6) is 5.75 Å². The maximum absolute atomic E-state index is 5.45. The molecule has 0 amide bonds. The van der Waals surface area contributed by atoms with Gasteiger partial charge in [0.1, 0.15) is 5.75 Å². The SMILES string of the molecule is CCOc1ccc(C(C)NC(C)CCSC)cc1. The Bertz CT molecular complexity index is 326. The molecule has 0 radical (unpaired) electrons. The molecule has 0 aliphatic heterocycles. The van der Waals surface area contributed by atoms with Gasteiger partial charge in [0, 0.05) is 12.1 Å². The molecule has 1 aromatic rings. The van der Waals surface area contributed by atoms with Gasteiger partial charge in [0.2, 0.25) is 0 Å². The van der Waals surface area contributed by atoms with Gasteiger partial charge in [0.05, 0.1) is 6.61 Å². The molecule has 1 N–H and O–H groups in total. The lowest BCUT2D eigenvalue weighted by atomic mass is 10.1. The summed E-state index contributed by atoms with van der Waals surface area (Å²) in [6.45, 7) is 7.19.